The standard InChI is InChI=1S/C16H23N3O/c1-3-20-13-6-4-5-11(9-13)14-10-15(14)19-16(17-2)18-12-7-8-12/h4-6,9,12,14-15H,3,7-8,10H2,1-2H3,(H2,17,18,19)/t14-,15+/m0/s1. The predicted molar refractivity (Wildman–Crippen MR) is 81.4 cm³/mol. The van der Waals surface area contributed by atoms with Gasteiger partial charge in [0.2, 0.25) is 0 Å². The summed E-state index contributed by atoms with van der Waals surface area (Å²) in [5.74, 6) is 2.49. The first kappa shape index (κ1) is 13.3. The molecular formula is C16H23N3O. The third kappa shape index (κ3) is 3.24. The lowest BCUT2D eigenvalue weighted by molar-refractivity contribution is 0.340. The van der Waals surface area contributed by atoms with E-state index in [2.05, 4.69) is 33.8 Å². The fourth-order valence-electron chi connectivity index (χ4n) is 2.49. The van der Waals surface area contributed by atoms with Crippen molar-refractivity contribution >= 4 is 5.96 Å². The van der Waals surface area contributed by atoms with Crippen LogP contribution >= 0.6 is 0 Å². The number of nitrogens with zero attached hydrogens (tertiary/aromatic N) is 1. The van der Waals surface area contributed by atoms with Crippen LogP contribution in [-0.4, -0.2) is 31.7 Å². The van der Waals surface area contributed by atoms with Crippen LogP contribution in [0.15, 0.2) is 29.3 Å². The summed E-state index contributed by atoms with van der Waals surface area (Å²) in [5, 5.41) is 6.94. The van der Waals surface area contributed by atoms with Crippen molar-refractivity contribution in [3.63, 3.8) is 0 Å². The Morgan fingerprint density at radius 3 is 2.90 bits per heavy atom. The third-order valence-corrected chi connectivity index (χ3v) is 3.85. The van der Waals surface area contributed by atoms with Gasteiger partial charge in [-0.3, -0.25) is 4.99 Å². The second-order valence-corrected chi connectivity index (χ2v) is 5.59. The topological polar surface area (TPSA) is 45.6 Å². The van der Waals surface area contributed by atoms with Crippen LogP contribution in [0.2, 0.25) is 0 Å². The van der Waals surface area contributed by atoms with Gasteiger partial charge in [-0.25, -0.2) is 0 Å². The number of rotatable bonds is 5. The molecule has 0 heterocycles. The van der Waals surface area contributed by atoms with Gasteiger partial charge in [-0.1, -0.05) is 12.1 Å². The molecule has 1 aromatic rings. The highest BCUT2D eigenvalue weighted by molar-refractivity contribution is 5.81. The van der Waals surface area contributed by atoms with Crippen LogP contribution in [0, 0.1) is 0 Å². The molecule has 108 valence electrons. The van der Waals surface area contributed by atoms with Gasteiger partial charge in [0.15, 0.2) is 5.96 Å². The van der Waals surface area contributed by atoms with Gasteiger partial charge in [0, 0.05) is 25.0 Å². The van der Waals surface area contributed by atoms with Gasteiger partial charge in [0.25, 0.3) is 0 Å². The first-order valence-corrected chi connectivity index (χ1v) is 7.52. The van der Waals surface area contributed by atoms with Crippen molar-refractivity contribution in [1.29, 1.82) is 0 Å². The number of hydrogen-bond acceptors (Lipinski definition) is 2. The van der Waals surface area contributed by atoms with Gasteiger partial charge >= 0.3 is 0 Å². The molecule has 2 saturated carbocycles. The maximum atomic E-state index is 5.57. The number of hydrogen-bond donors (Lipinski definition) is 2. The monoisotopic (exact) mass is 273 g/mol. The maximum Gasteiger partial charge on any atom is 0.191 e. The van der Waals surface area contributed by atoms with E-state index in [0.717, 1.165) is 11.7 Å². The summed E-state index contributed by atoms with van der Waals surface area (Å²) in [6.07, 6.45) is 3.71. The number of ether oxygens (including phenoxy) is 1. The Bertz CT molecular complexity index is 496. The van der Waals surface area contributed by atoms with E-state index in [1.165, 1.54) is 24.8 Å². The molecule has 2 aliphatic carbocycles. The van der Waals surface area contributed by atoms with Crippen molar-refractivity contribution in [3.8, 4) is 5.75 Å². The molecule has 0 amide bonds. The van der Waals surface area contributed by atoms with E-state index in [1.54, 1.807) is 0 Å². The fraction of sp³-hybridized carbons (Fsp3) is 0.562. The zero-order valence-electron chi connectivity index (χ0n) is 12.2. The van der Waals surface area contributed by atoms with Crippen LogP contribution in [0.3, 0.4) is 0 Å². The fourth-order valence-corrected chi connectivity index (χ4v) is 2.49. The van der Waals surface area contributed by atoms with Crippen molar-refractivity contribution in [3.05, 3.63) is 29.8 Å². The van der Waals surface area contributed by atoms with Crippen LogP contribution in [0.25, 0.3) is 0 Å². The SMILES string of the molecule is CCOc1cccc([C@@H]2C[C@H]2NC(=NC)NC2CC2)c1. The van der Waals surface area contributed by atoms with E-state index in [1.807, 2.05) is 20.0 Å². The molecule has 2 atom stereocenters. The quantitative estimate of drug-likeness (QED) is 0.639. The lowest BCUT2D eigenvalue weighted by Gasteiger charge is -2.11. The average molecular weight is 273 g/mol. The first-order valence-electron chi connectivity index (χ1n) is 7.52. The van der Waals surface area contributed by atoms with Gasteiger partial charge in [0.05, 0.1) is 6.61 Å². The molecule has 1 aromatic carbocycles. The Labute approximate surface area is 120 Å². The highest BCUT2D eigenvalue weighted by Crippen LogP contribution is 2.41. The number of benzene rings is 1. The maximum absolute atomic E-state index is 5.57. The van der Waals surface area contributed by atoms with Crippen molar-refractivity contribution < 1.29 is 4.74 Å². The van der Waals surface area contributed by atoms with E-state index in [4.69, 9.17) is 4.74 Å². The molecule has 0 radical (unpaired) electrons. The lowest BCUT2D eigenvalue weighted by Crippen LogP contribution is -2.40. The molecular weight excluding hydrogens is 250 g/mol. The summed E-state index contributed by atoms with van der Waals surface area (Å²) >= 11 is 0. The van der Waals surface area contributed by atoms with Crippen LogP contribution in [0.5, 0.6) is 5.75 Å². The summed E-state index contributed by atoms with van der Waals surface area (Å²) in [7, 11) is 1.84. The van der Waals surface area contributed by atoms with E-state index in [9.17, 15) is 0 Å². The Morgan fingerprint density at radius 2 is 2.20 bits per heavy atom. The minimum Gasteiger partial charge on any atom is -0.494 e. The molecule has 0 aromatic heterocycles. The molecule has 2 N–H and O–H groups in total. The highest BCUT2D eigenvalue weighted by Gasteiger charge is 2.39. The van der Waals surface area contributed by atoms with Crippen LogP contribution in [0.1, 0.15) is 37.7 Å². The van der Waals surface area contributed by atoms with Gasteiger partial charge < -0.3 is 15.4 Å². The summed E-state index contributed by atoms with van der Waals surface area (Å²) in [6, 6.07) is 9.58. The van der Waals surface area contributed by atoms with E-state index >= 15 is 0 Å². The normalized spacial score (nSPS) is 25.2. The van der Waals surface area contributed by atoms with Crippen LogP contribution in [0.4, 0.5) is 0 Å². The minimum atomic E-state index is 0.497. The molecule has 0 bridgehead atoms. The number of guanidine groups is 1. The molecule has 4 nitrogen and oxygen atoms in total. The van der Waals surface area contributed by atoms with E-state index in [0.29, 0.717) is 24.6 Å². The summed E-state index contributed by atoms with van der Waals surface area (Å²) < 4.78 is 5.57. The van der Waals surface area contributed by atoms with Crippen LogP contribution in [-0.2, 0) is 0 Å². The van der Waals surface area contributed by atoms with Gasteiger partial charge in [-0.05, 0) is 43.9 Å². The Balaban J connectivity index is 1.56. The Kier molecular flexibility index (Phi) is 3.81. The third-order valence-electron chi connectivity index (χ3n) is 3.85. The second-order valence-electron chi connectivity index (χ2n) is 5.59. The second kappa shape index (κ2) is 5.73. The molecule has 4 heteroatoms. The molecule has 20 heavy (non-hydrogen) atoms. The van der Waals surface area contributed by atoms with E-state index in [-0.39, 0.29) is 0 Å². The Hall–Kier alpha value is -1.71. The lowest BCUT2D eigenvalue weighted by atomic mass is 10.1. The molecule has 2 fully saturated rings. The zero-order chi connectivity index (χ0) is 13.9. The summed E-state index contributed by atoms with van der Waals surface area (Å²) in [6.45, 7) is 2.73. The predicted octanol–water partition coefficient (Wildman–Crippen LogP) is 2.27. The van der Waals surface area contributed by atoms with Crippen LogP contribution < -0.4 is 15.4 Å². The number of nitrogens with one attached hydrogen (secondary N) is 2. The van der Waals surface area contributed by atoms with Crippen molar-refractivity contribution in [2.24, 2.45) is 4.99 Å². The molecule has 2 aliphatic rings. The molecule has 0 unspecified atom stereocenters. The van der Waals surface area contributed by atoms with E-state index < -0.39 is 0 Å². The first-order chi connectivity index (χ1) is 9.80. The Morgan fingerprint density at radius 1 is 1.35 bits per heavy atom. The van der Waals surface area contributed by atoms with Gasteiger partial charge in [-0.15, -0.1) is 0 Å². The van der Waals surface area contributed by atoms with Crippen molar-refractivity contribution in [2.75, 3.05) is 13.7 Å². The molecule has 0 saturated heterocycles. The molecule has 3 rings (SSSR count). The number of aliphatic imine (C=N–C) groups is 1. The summed E-state index contributed by atoms with van der Waals surface area (Å²) in [5.41, 5.74) is 1.36. The summed E-state index contributed by atoms with van der Waals surface area (Å²) in [4.78, 5) is 4.29. The smallest absolute Gasteiger partial charge is 0.191 e. The molecule has 0 spiro atoms. The van der Waals surface area contributed by atoms with Crippen molar-refractivity contribution in [2.45, 2.75) is 44.2 Å². The van der Waals surface area contributed by atoms with Crippen molar-refractivity contribution in [1.82, 2.24) is 10.6 Å². The van der Waals surface area contributed by atoms with Gasteiger partial charge in [0.1, 0.15) is 5.75 Å². The molecule has 0 aliphatic heterocycles. The minimum absolute atomic E-state index is 0.497. The highest BCUT2D eigenvalue weighted by atomic mass is 16.5. The largest absolute Gasteiger partial charge is 0.494 e. The zero-order valence-corrected chi connectivity index (χ0v) is 12.2. The average Bonchev–Trinajstić information content (AvgIpc) is 3.35. The van der Waals surface area contributed by atoms with Gasteiger partial charge in [-0.2, -0.15) is 0 Å².